The third-order valence-corrected chi connectivity index (χ3v) is 5.06. The zero-order valence-electron chi connectivity index (χ0n) is 15.5. The van der Waals surface area contributed by atoms with Gasteiger partial charge < -0.3 is 14.5 Å². The highest BCUT2D eigenvalue weighted by Gasteiger charge is 2.25. The summed E-state index contributed by atoms with van der Waals surface area (Å²) >= 11 is 0. The Hall–Kier alpha value is -1.66. The lowest BCUT2D eigenvalue weighted by atomic mass is 10.1. The molecule has 1 aromatic rings. The van der Waals surface area contributed by atoms with Crippen molar-refractivity contribution in [2.45, 2.75) is 31.8 Å². The molecule has 2 saturated heterocycles. The van der Waals surface area contributed by atoms with Gasteiger partial charge in [0.1, 0.15) is 5.82 Å². The Bertz CT molecular complexity index is 572. The molecule has 0 unspecified atom stereocenters. The van der Waals surface area contributed by atoms with Crippen molar-refractivity contribution in [2.75, 3.05) is 58.3 Å². The SMILES string of the molecule is CN(C)c1cc(CC[C@@H]2CN(CC(=O)N3CCCC3)CCO2)ccn1. The van der Waals surface area contributed by atoms with Crippen LogP contribution in [0.5, 0.6) is 0 Å². The van der Waals surface area contributed by atoms with Crippen LogP contribution in [0.1, 0.15) is 24.8 Å². The van der Waals surface area contributed by atoms with Crippen LogP contribution in [-0.2, 0) is 16.0 Å². The molecule has 6 nitrogen and oxygen atoms in total. The zero-order valence-corrected chi connectivity index (χ0v) is 15.5. The smallest absolute Gasteiger partial charge is 0.236 e. The van der Waals surface area contributed by atoms with E-state index in [1.165, 1.54) is 5.56 Å². The molecule has 1 amide bonds. The average Bonchev–Trinajstić information content (AvgIpc) is 3.15. The van der Waals surface area contributed by atoms with Gasteiger partial charge in [0.05, 0.1) is 19.3 Å². The van der Waals surface area contributed by atoms with E-state index in [1.54, 1.807) is 0 Å². The van der Waals surface area contributed by atoms with E-state index in [-0.39, 0.29) is 12.0 Å². The minimum absolute atomic E-state index is 0.205. The molecule has 0 radical (unpaired) electrons. The molecule has 2 aliphatic heterocycles. The van der Waals surface area contributed by atoms with E-state index in [9.17, 15) is 4.79 Å². The number of morpholine rings is 1. The Kier molecular flexibility index (Phi) is 6.26. The Morgan fingerprint density at radius 2 is 2.12 bits per heavy atom. The molecule has 138 valence electrons. The normalized spacial score (nSPS) is 21.5. The van der Waals surface area contributed by atoms with Crippen molar-refractivity contribution < 1.29 is 9.53 Å². The lowest BCUT2D eigenvalue weighted by molar-refractivity contribution is -0.133. The molecule has 3 heterocycles. The second-order valence-corrected chi connectivity index (χ2v) is 7.27. The van der Waals surface area contributed by atoms with Crippen LogP contribution in [0.4, 0.5) is 5.82 Å². The van der Waals surface area contributed by atoms with Gasteiger partial charge in [-0.15, -0.1) is 0 Å². The molecule has 0 saturated carbocycles. The van der Waals surface area contributed by atoms with Gasteiger partial charge in [-0.1, -0.05) is 0 Å². The van der Waals surface area contributed by atoms with Crippen molar-refractivity contribution in [1.82, 2.24) is 14.8 Å². The number of pyridine rings is 1. The van der Waals surface area contributed by atoms with E-state index < -0.39 is 0 Å². The quantitative estimate of drug-likeness (QED) is 0.779. The van der Waals surface area contributed by atoms with E-state index in [2.05, 4.69) is 22.0 Å². The summed E-state index contributed by atoms with van der Waals surface area (Å²) in [5.41, 5.74) is 1.28. The number of hydrogen-bond acceptors (Lipinski definition) is 5. The van der Waals surface area contributed by atoms with Crippen molar-refractivity contribution >= 4 is 11.7 Å². The molecular formula is C19H30N4O2. The van der Waals surface area contributed by atoms with E-state index in [1.807, 2.05) is 30.1 Å². The number of carbonyl (C=O) groups excluding carboxylic acids is 1. The molecule has 2 aliphatic rings. The number of ether oxygens (including phenoxy) is 1. The van der Waals surface area contributed by atoms with Crippen LogP contribution >= 0.6 is 0 Å². The van der Waals surface area contributed by atoms with E-state index in [0.29, 0.717) is 6.54 Å². The topological polar surface area (TPSA) is 48.9 Å². The number of aromatic nitrogens is 1. The second-order valence-electron chi connectivity index (χ2n) is 7.27. The van der Waals surface area contributed by atoms with Crippen molar-refractivity contribution in [3.63, 3.8) is 0 Å². The molecule has 0 bridgehead atoms. The highest BCUT2D eigenvalue weighted by molar-refractivity contribution is 5.78. The number of aryl methyl sites for hydroxylation is 1. The van der Waals surface area contributed by atoms with Gasteiger partial charge in [0.15, 0.2) is 0 Å². The van der Waals surface area contributed by atoms with Gasteiger partial charge in [0, 0.05) is 46.5 Å². The first kappa shape index (κ1) is 18.1. The summed E-state index contributed by atoms with van der Waals surface area (Å²) in [5.74, 6) is 1.27. The Balaban J connectivity index is 1.46. The van der Waals surface area contributed by atoms with Crippen LogP contribution in [0.15, 0.2) is 18.3 Å². The second kappa shape index (κ2) is 8.63. The summed E-state index contributed by atoms with van der Waals surface area (Å²) in [4.78, 5) is 23.0. The van der Waals surface area contributed by atoms with Gasteiger partial charge in [-0.25, -0.2) is 4.98 Å². The summed E-state index contributed by atoms with van der Waals surface area (Å²) in [6, 6.07) is 4.21. The van der Waals surface area contributed by atoms with E-state index in [4.69, 9.17) is 4.74 Å². The molecule has 1 atom stereocenters. The van der Waals surface area contributed by atoms with Gasteiger partial charge >= 0.3 is 0 Å². The highest BCUT2D eigenvalue weighted by atomic mass is 16.5. The first-order valence-corrected chi connectivity index (χ1v) is 9.36. The molecule has 1 aromatic heterocycles. The average molecular weight is 346 g/mol. The monoisotopic (exact) mass is 346 g/mol. The van der Waals surface area contributed by atoms with Crippen LogP contribution in [0.3, 0.4) is 0 Å². The number of anilines is 1. The maximum atomic E-state index is 12.3. The molecule has 0 spiro atoms. The van der Waals surface area contributed by atoms with Crippen molar-refractivity contribution in [3.05, 3.63) is 23.9 Å². The number of likely N-dealkylation sites (tertiary alicyclic amines) is 1. The Morgan fingerprint density at radius 1 is 1.32 bits per heavy atom. The van der Waals surface area contributed by atoms with Crippen molar-refractivity contribution in [1.29, 1.82) is 0 Å². The number of nitrogens with zero attached hydrogens (tertiary/aromatic N) is 4. The van der Waals surface area contributed by atoms with Gasteiger partial charge in [-0.2, -0.15) is 0 Å². The van der Waals surface area contributed by atoms with Crippen molar-refractivity contribution in [3.8, 4) is 0 Å². The molecule has 0 N–H and O–H groups in total. The minimum atomic E-state index is 0.205. The Labute approximate surface area is 150 Å². The van der Waals surface area contributed by atoms with Crippen LogP contribution in [0, 0.1) is 0 Å². The molecular weight excluding hydrogens is 316 g/mol. The summed E-state index contributed by atoms with van der Waals surface area (Å²) < 4.78 is 5.92. The van der Waals surface area contributed by atoms with E-state index in [0.717, 1.165) is 64.3 Å². The number of rotatable bonds is 6. The largest absolute Gasteiger partial charge is 0.376 e. The maximum Gasteiger partial charge on any atom is 0.236 e. The van der Waals surface area contributed by atoms with Crippen LogP contribution < -0.4 is 4.90 Å². The maximum absolute atomic E-state index is 12.3. The highest BCUT2D eigenvalue weighted by Crippen LogP contribution is 2.16. The molecule has 25 heavy (non-hydrogen) atoms. The Morgan fingerprint density at radius 3 is 2.88 bits per heavy atom. The van der Waals surface area contributed by atoms with Crippen LogP contribution in [0.25, 0.3) is 0 Å². The van der Waals surface area contributed by atoms with Gasteiger partial charge in [0.2, 0.25) is 5.91 Å². The number of hydrogen-bond donors (Lipinski definition) is 0. The predicted molar refractivity (Wildman–Crippen MR) is 98.9 cm³/mol. The third-order valence-electron chi connectivity index (χ3n) is 5.06. The van der Waals surface area contributed by atoms with Crippen LogP contribution in [0.2, 0.25) is 0 Å². The molecule has 3 rings (SSSR count). The van der Waals surface area contributed by atoms with Crippen LogP contribution in [-0.4, -0.2) is 80.2 Å². The van der Waals surface area contributed by atoms with Crippen molar-refractivity contribution in [2.24, 2.45) is 0 Å². The fraction of sp³-hybridized carbons (Fsp3) is 0.684. The molecule has 2 fully saturated rings. The van der Waals surface area contributed by atoms with E-state index >= 15 is 0 Å². The van der Waals surface area contributed by atoms with Gasteiger partial charge in [0.25, 0.3) is 0 Å². The first-order chi connectivity index (χ1) is 12.1. The zero-order chi connectivity index (χ0) is 17.6. The number of carbonyl (C=O) groups is 1. The minimum Gasteiger partial charge on any atom is -0.376 e. The summed E-state index contributed by atoms with van der Waals surface area (Å²) in [7, 11) is 4.01. The standard InChI is InChI=1S/C19H30N4O2/c1-21(2)18-13-16(7-8-20-18)5-6-17-14-22(11-12-25-17)15-19(24)23-9-3-4-10-23/h7-8,13,17H,3-6,9-12,14-15H2,1-2H3/t17-/m1/s1. The van der Waals surface area contributed by atoms with Gasteiger partial charge in [-0.3, -0.25) is 9.69 Å². The summed E-state index contributed by atoms with van der Waals surface area (Å²) in [5, 5.41) is 0. The lowest BCUT2D eigenvalue weighted by Gasteiger charge is -2.33. The summed E-state index contributed by atoms with van der Waals surface area (Å²) in [6.07, 6.45) is 6.33. The fourth-order valence-electron chi connectivity index (χ4n) is 3.54. The molecule has 0 aromatic carbocycles. The fourth-order valence-corrected chi connectivity index (χ4v) is 3.54. The van der Waals surface area contributed by atoms with Gasteiger partial charge in [-0.05, 0) is 43.4 Å². The molecule has 0 aliphatic carbocycles. The summed E-state index contributed by atoms with van der Waals surface area (Å²) in [6.45, 7) is 4.84. The third kappa shape index (κ3) is 5.16. The first-order valence-electron chi connectivity index (χ1n) is 9.36. The predicted octanol–water partition coefficient (Wildman–Crippen LogP) is 1.40. The number of amides is 1. The molecule has 6 heteroatoms. The lowest BCUT2D eigenvalue weighted by Crippen LogP contribution is -2.47.